The van der Waals surface area contributed by atoms with Crippen LogP contribution in [0.3, 0.4) is 0 Å². The molecule has 1 atom stereocenters. The molecule has 0 bridgehead atoms. The molecular formula is C16H22N2O. The molecular weight excluding hydrogens is 236 g/mol. The lowest BCUT2D eigenvalue weighted by Gasteiger charge is -2.32. The predicted molar refractivity (Wildman–Crippen MR) is 76.1 cm³/mol. The van der Waals surface area contributed by atoms with Gasteiger partial charge in [0.1, 0.15) is 12.4 Å². The molecule has 1 aromatic rings. The summed E-state index contributed by atoms with van der Waals surface area (Å²) < 4.78 is 5.73. The second kappa shape index (κ2) is 7.16. The van der Waals surface area contributed by atoms with Gasteiger partial charge in [-0.3, -0.25) is 4.90 Å². The molecule has 0 N–H and O–H groups in total. The molecule has 1 fully saturated rings. The Morgan fingerprint density at radius 1 is 1.37 bits per heavy atom. The molecule has 0 amide bonds. The lowest BCUT2D eigenvalue weighted by Crippen LogP contribution is -2.37. The van der Waals surface area contributed by atoms with Gasteiger partial charge in [-0.1, -0.05) is 13.3 Å². The molecule has 19 heavy (non-hydrogen) atoms. The molecule has 1 aromatic carbocycles. The van der Waals surface area contributed by atoms with Gasteiger partial charge in [0.15, 0.2) is 0 Å². The van der Waals surface area contributed by atoms with Gasteiger partial charge in [-0.2, -0.15) is 5.26 Å². The second-order valence-electron chi connectivity index (χ2n) is 5.20. The summed E-state index contributed by atoms with van der Waals surface area (Å²) in [6.07, 6.45) is 3.98. The molecule has 1 saturated heterocycles. The van der Waals surface area contributed by atoms with E-state index in [0.29, 0.717) is 5.56 Å². The van der Waals surface area contributed by atoms with Crippen LogP contribution >= 0.6 is 0 Å². The molecule has 0 spiro atoms. The Bertz CT molecular complexity index is 421. The molecule has 0 aliphatic carbocycles. The predicted octanol–water partition coefficient (Wildman–Crippen LogP) is 3.06. The summed E-state index contributed by atoms with van der Waals surface area (Å²) in [4.78, 5) is 2.50. The fourth-order valence-corrected chi connectivity index (χ4v) is 2.61. The molecule has 102 valence electrons. The smallest absolute Gasteiger partial charge is 0.119 e. The molecule has 3 heteroatoms. The number of nitrogens with zero attached hydrogens (tertiary/aromatic N) is 2. The quantitative estimate of drug-likeness (QED) is 0.814. The number of hydrogen-bond donors (Lipinski definition) is 0. The number of piperidine rings is 1. The van der Waals surface area contributed by atoms with Gasteiger partial charge in [0, 0.05) is 13.1 Å². The van der Waals surface area contributed by atoms with E-state index in [1.54, 1.807) is 12.1 Å². The van der Waals surface area contributed by atoms with Crippen molar-refractivity contribution in [2.75, 3.05) is 26.2 Å². The van der Waals surface area contributed by atoms with Gasteiger partial charge >= 0.3 is 0 Å². The van der Waals surface area contributed by atoms with E-state index in [2.05, 4.69) is 17.9 Å². The van der Waals surface area contributed by atoms with Crippen LogP contribution in [0.4, 0.5) is 0 Å². The largest absolute Gasteiger partial charge is 0.492 e. The number of rotatable bonds is 5. The first-order valence-corrected chi connectivity index (χ1v) is 7.17. The number of likely N-dealkylation sites (tertiary alicyclic amines) is 1. The average molecular weight is 258 g/mol. The van der Waals surface area contributed by atoms with E-state index >= 15 is 0 Å². The Morgan fingerprint density at radius 2 is 2.16 bits per heavy atom. The van der Waals surface area contributed by atoms with Gasteiger partial charge in [-0.25, -0.2) is 0 Å². The van der Waals surface area contributed by atoms with E-state index in [4.69, 9.17) is 10.00 Å². The molecule has 1 aliphatic heterocycles. The SMILES string of the molecule is CCC1CCCN(CCOc2ccc(C#N)cc2)C1. The molecule has 0 saturated carbocycles. The number of hydrogen-bond acceptors (Lipinski definition) is 3. The van der Waals surface area contributed by atoms with E-state index in [9.17, 15) is 0 Å². The van der Waals surface area contributed by atoms with E-state index in [0.717, 1.165) is 24.8 Å². The molecule has 2 rings (SSSR count). The van der Waals surface area contributed by atoms with Crippen LogP contribution in [-0.2, 0) is 0 Å². The van der Waals surface area contributed by atoms with Gasteiger partial charge in [0.05, 0.1) is 11.6 Å². The summed E-state index contributed by atoms with van der Waals surface area (Å²) in [7, 11) is 0. The standard InChI is InChI=1S/C16H22N2O/c1-2-14-4-3-9-18(13-14)10-11-19-16-7-5-15(12-17)6-8-16/h5-8,14H,2-4,9-11,13H2,1H3. The summed E-state index contributed by atoms with van der Waals surface area (Å²) >= 11 is 0. The monoisotopic (exact) mass is 258 g/mol. The average Bonchev–Trinajstić information content (AvgIpc) is 2.48. The van der Waals surface area contributed by atoms with Crippen molar-refractivity contribution in [1.29, 1.82) is 5.26 Å². The Labute approximate surface area is 115 Å². The maximum Gasteiger partial charge on any atom is 0.119 e. The normalized spacial score (nSPS) is 19.9. The van der Waals surface area contributed by atoms with Crippen LogP contribution in [0, 0.1) is 17.2 Å². The van der Waals surface area contributed by atoms with E-state index < -0.39 is 0 Å². The first kappa shape index (κ1) is 13.9. The molecule has 3 nitrogen and oxygen atoms in total. The summed E-state index contributed by atoms with van der Waals surface area (Å²) in [6.45, 7) is 6.42. The van der Waals surface area contributed by atoms with Gasteiger partial charge in [-0.05, 0) is 49.6 Å². The van der Waals surface area contributed by atoms with Gasteiger partial charge in [-0.15, -0.1) is 0 Å². The van der Waals surface area contributed by atoms with Crippen LogP contribution in [0.2, 0.25) is 0 Å². The Morgan fingerprint density at radius 3 is 2.84 bits per heavy atom. The van der Waals surface area contributed by atoms with E-state index in [1.807, 2.05) is 12.1 Å². The number of nitriles is 1. The van der Waals surface area contributed by atoms with E-state index in [-0.39, 0.29) is 0 Å². The number of benzene rings is 1. The fourth-order valence-electron chi connectivity index (χ4n) is 2.61. The summed E-state index contributed by atoms with van der Waals surface area (Å²) in [5.41, 5.74) is 0.675. The van der Waals surface area contributed by atoms with Crippen molar-refractivity contribution in [2.45, 2.75) is 26.2 Å². The van der Waals surface area contributed by atoms with Crippen LogP contribution in [0.15, 0.2) is 24.3 Å². The van der Waals surface area contributed by atoms with Crippen molar-refractivity contribution in [3.63, 3.8) is 0 Å². The third kappa shape index (κ3) is 4.25. The van der Waals surface area contributed by atoms with Crippen molar-refractivity contribution in [3.05, 3.63) is 29.8 Å². The lowest BCUT2D eigenvalue weighted by molar-refractivity contribution is 0.145. The zero-order valence-corrected chi connectivity index (χ0v) is 11.6. The molecule has 1 heterocycles. The summed E-state index contributed by atoms with van der Waals surface area (Å²) in [6, 6.07) is 9.43. The maximum atomic E-state index is 8.73. The maximum absolute atomic E-state index is 8.73. The highest BCUT2D eigenvalue weighted by molar-refractivity contribution is 5.34. The first-order chi connectivity index (χ1) is 9.31. The summed E-state index contributed by atoms with van der Waals surface area (Å²) in [5, 5.41) is 8.73. The Balaban J connectivity index is 1.72. The van der Waals surface area contributed by atoms with Crippen molar-refractivity contribution < 1.29 is 4.74 Å². The Kier molecular flexibility index (Phi) is 5.23. The minimum atomic E-state index is 0.675. The highest BCUT2D eigenvalue weighted by Gasteiger charge is 2.17. The zero-order chi connectivity index (χ0) is 13.5. The Hall–Kier alpha value is -1.53. The lowest BCUT2D eigenvalue weighted by atomic mass is 9.96. The van der Waals surface area contributed by atoms with Crippen molar-refractivity contribution in [2.24, 2.45) is 5.92 Å². The fraction of sp³-hybridized carbons (Fsp3) is 0.562. The molecule has 1 aliphatic rings. The van der Waals surface area contributed by atoms with Crippen LogP contribution < -0.4 is 4.74 Å². The van der Waals surface area contributed by atoms with E-state index in [1.165, 1.54) is 32.4 Å². The molecule has 0 radical (unpaired) electrons. The van der Waals surface area contributed by atoms with Crippen LogP contribution in [-0.4, -0.2) is 31.1 Å². The highest BCUT2D eigenvalue weighted by Crippen LogP contribution is 2.19. The van der Waals surface area contributed by atoms with Crippen LogP contribution in [0.5, 0.6) is 5.75 Å². The van der Waals surface area contributed by atoms with Crippen LogP contribution in [0.25, 0.3) is 0 Å². The molecule has 1 unspecified atom stereocenters. The summed E-state index contributed by atoms with van der Waals surface area (Å²) in [5.74, 6) is 1.71. The van der Waals surface area contributed by atoms with Crippen molar-refractivity contribution >= 4 is 0 Å². The van der Waals surface area contributed by atoms with Gasteiger partial charge < -0.3 is 4.74 Å². The van der Waals surface area contributed by atoms with Gasteiger partial charge in [0.25, 0.3) is 0 Å². The zero-order valence-electron chi connectivity index (χ0n) is 11.6. The number of ether oxygens (including phenoxy) is 1. The third-order valence-electron chi connectivity index (χ3n) is 3.84. The topological polar surface area (TPSA) is 36.3 Å². The van der Waals surface area contributed by atoms with Crippen LogP contribution in [0.1, 0.15) is 31.7 Å². The molecule has 0 aromatic heterocycles. The van der Waals surface area contributed by atoms with Gasteiger partial charge in [0.2, 0.25) is 0 Å². The third-order valence-corrected chi connectivity index (χ3v) is 3.84. The first-order valence-electron chi connectivity index (χ1n) is 7.17. The minimum absolute atomic E-state index is 0.675. The second-order valence-corrected chi connectivity index (χ2v) is 5.20. The van der Waals surface area contributed by atoms with Crippen molar-refractivity contribution in [1.82, 2.24) is 4.90 Å². The highest BCUT2D eigenvalue weighted by atomic mass is 16.5. The van der Waals surface area contributed by atoms with Crippen molar-refractivity contribution in [3.8, 4) is 11.8 Å². The minimum Gasteiger partial charge on any atom is -0.492 e.